The summed E-state index contributed by atoms with van der Waals surface area (Å²) in [6.45, 7) is 8.43. The van der Waals surface area contributed by atoms with Crippen molar-refractivity contribution < 1.29 is 9.53 Å². The third kappa shape index (κ3) is 10.4. The van der Waals surface area contributed by atoms with Gasteiger partial charge in [-0.1, -0.05) is 65.4 Å². The Morgan fingerprint density at radius 1 is 1.06 bits per heavy atom. The molecule has 0 N–H and O–H groups in total. The summed E-state index contributed by atoms with van der Waals surface area (Å²) in [5, 5.41) is 0. The minimum atomic E-state index is -0.302. The molecular formula is C16H30O2. The predicted molar refractivity (Wildman–Crippen MR) is 77.5 cm³/mol. The largest absolute Gasteiger partial charge is 0.463 e. The topological polar surface area (TPSA) is 26.3 Å². The van der Waals surface area contributed by atoms with Crippen molar-refractivity contribution in [1.29, 1.82) is 0 Å². The lowest BCUT2D eigenvalue weighted by atomic mass is 9.91. The Morgan fingerprint density at radius 2 is 1.61 bits per heavy atom. The van der Waals surface area contributed by atoms with Crippen LogP contribution in [0.1, 0.15) is 71.6 Å². The van der Waals surface area contributed by atoms with E-state index < -0.39 is 0 Å². The van der Waals surface area contributed by atoms with Crippen LogP contribution in [0.15, 0.2) is 12.7 Å². The molecule has 0 rings (SSSR count). The van der Waals surface area contributed by atoms with Crippen LogP contribution in [0.25, 0.3) is 0 Å². The van der Waals surface area contributed by atoms with Crippen molar-refractivity contribution in [3.63, 3.8) is 0 Å². The molecular weight excluding hydrogens is 224 g/mol. The summed E-state index contributed by atoms with van der Waals surface area (Å²) < 4.78 is 4.98. The lowest BCUT2D eigenvalue weighted by molar-refractivity contribution is -0.137. The minimum Gasteiger partial charge on any atom is -0.463 e. The highest BCUT2D eigenvalue weighted by Crippen LogP contribution is 2.22. The summed E-state index contributed by atoms with van der Waals surface area (Å²) in [5.41, 5.74) is 0. The molecule has 0 fully saturated rings. The predicted octanol–water partition coefficient (Wildman–Crippen LogP) is 4.88. The quantitative estimate of drug-likeness (QED) is 0.282. The van der Waals surface area contributed by atoms with Crippen molar-refractivity contribution >= 4 is 5.97 Å². The van der Waals surface area contributed by atoms with Gasteiger partial charge in [-0.2, -0.15) is 0 Å². The molecule has 0 bridgehead atoms. The number of ether oxygens (including phenoxy) is 1. The molecule has 0 atom stereocenters. The average Bonchev–Trinajstić information content (AvgIpc) is 2.40. The number of esters is 1. The number of hydrogen-bond acceptors (Lipinski definition) is 2. The SMILES string of the molecule is C=CC(=O)OCCCCC(CCCC)CCCC. The number of unbranched alkanes of at least 4 members (excludes halogenated alkanes) is 3. The molecule has 18 heavy (non-hydrogen) atoms. The number of carbonyl (C=O) groups excluding carboxylic acids is 1. The van der Waals surface area contributed by atoms with Crippen molar-refractivity contribution in [3.05, 3.63) is 12.7 Å². The molecule has 0 saturated carbocycles. The third-order valence-electron chi connectivity index (χ3n) is 3.35. The Labute approximate surface area is 113 Å². The van der Waals surface area contributed by atoms with E-state index in [0.717, 1.165) is 12.3 Å². The summed E-state index contributed by atoms with van der Waals surface area (Å²) in [6.07, 6.45) is 12.7. The van der Waals surface area contributed by atoms with Gasteiger partial charge in [0.1, 0.15) is 0 Å². The van der Waals surface area contributed by atoms with Gasteiger partial charge in [0, 0.05) is 6.08 Å². The zero-order valence-electron chi connectivity index (χ0n) is 12.2. The molecule has 2 nitrogen and oxygen atoms in total. The van der Waals surface area contributed by atoms with Gasteiger partial charge in [-0.3, -0.25) is 0 Å². The van der Waals surface area contributed by atoms with E-state index in [9.17, 15) is 4.79 Å². The molecule has 0 radical (unpaired) electrons. The lowest BCUT2D eigenvalue weighted by Gasteiger charge is -2.16. The first kappa shape index (κ1) is 17.2. The Kier molecular flexibility index (Phi) is 12.1. The van der Waals surface area contributed by atoms with Gasteiger partial charge in [0.15, 0.2) is 0 Å². The van der Waals surface area contributed by atoms with E-state index in [1.165, 1.54) is 57.4 Å². The van der Waals surface area contributed by atoms with Gasteiger partial charge in [0.2, 0.25) is 0 Å². The van der Waals surface area contributed by atoms with E-state index in [4.69, 9.17) is 4.74 Å². The second-order valence-corrected chi connectivity index (χ2v) is 5.02. The average molecular weight is 254 g/mol. The maximum Gasteiger partial charge on any atom is 0.330 e. The molecule has 0 amide bonds. The van der Waals surface area contributed by atoms with E-state index in [1.807, 2.05) is 0 Å². The molecule has 106 valence electrons. The van der Waals surface area contributed by atoms with E-state index in [0.29, 0.717) is 6.61 Å². The molecule has 0 aliphatic rings. The fraction of sp³-hybridized carbons (Fsp3) is 0.812. The van der Waals surface area contributed by atoms with Crippen molar-refractivity contribution in [2.75, 3.05) is 6.61 Å². The number of hydrogen-bond donors (Lipinski definition) is 0. The molecule has 0 aliphatic carbocycles. The highest BCUT2D eigenvalue weighted by atomic mass is 16.5. The monoisotopic (exact) mass is 254 g/mol. The summed E-state index contributed by atoms with van der Waals surface area (Å²) in [5.74, 6) is 0.573. The summed E-state index contributed by atoms with van der Waals surface area (Å²) in [4.78, 5) is 10.9. The lowest BCUT2D eigenvalue weighted by Crippen LogP contribution is -2.04. The van der Waals surface area contributed by atoms with Gasteiger partial charge >= 0.3 is 5.97 Å². The van der Waals surface area contributed by atoms with Crippen LogP contribution in [-0.2, 0) is 9.53 Å². The summed E-state index contributed by atoms with van der Waals surface area (Å²) in [7, 11) is 0. The van der Waals surface area contributed by atoms with Crippen molar-refractivity contribution in [2.45, 2.75) is 71.6 Å². The van der Waals surface area contributed by atoms with Crippen LogP contribution in [-0.4, -0.2) is 12.6 Å². The van der Waals surface area contributed by atoms with Gasteiger partial charge in [-0.05, 0) is 18.8 Å². The minimum absolute atomic E-state index is 0.302. The highest BCUT2D eigenvalue weighted by molar-refractivity contribution is 5.81. The Hall–Kier alpha value is -0.790. The summed E-state index contributed by atoms with van der Waals surface area (Å²) in [6, 6.07) is 0. The molecule has 0 aliphatic heterocycles. The Balaban J connectivity index is 3.60. The second kappa shape index (κ2) is 12.7. The van der Waals surface area contributed by atoms with Gasteiger partial charge in [0.05, 0.1) is 6.61 Å². The van der Waals surface area contributed by atoms with E-state index in [1.54, 1.807) is 0 Å². The molecule has 2 heteroatoms. The zero-order chi connectivity index (χ0) is 13.6. The van der Waals surface area contributed by atoms with Crippen LogP contribution in [0.3, 0.4) is 0 Å². The van der Waals surface area contributed by atoms with Gasteiger partial charge in [-0.15, -0.1) is 0 Å². The Morgan fingerprint density at radius 3 is 2.11 bits per heavy atom. The Bertz CT molecular complexity index is 203. The third-order valence-corrected chi connectivity index (χ3v) is 3.35. The molecule has 0 aromatic carbocycles. The normalized spacial score (nSPS) is 10.6. The first-order chi connectivity index (χ1) is 8.74. The molecule has 0 heterocycles. The van der Waals surface area contributed by atoms with Gasteiger partial charge in [0.25, 0.3) is 0 Å². The smallest absolute Gasteiger partial charge is 0.330 e. The van der Waals surface area contributed by atoms with Crippen molar-refractivity contribution in [3.8, 4) is 0 Å². The van der Waals surface area contributed by atoms with E-state index in [-0.39, 0.29) is 5.97 Å². The first-order valence-corrected chi connectivity index (χ1v) is 7.53. The maximum atomic E-state index is 10.9. The van der Waals surface area contributed by atoms with Crippen molar-refractivity contribution in [1.82, 2.24) is 0 Å². The van der Waals surface area contributed by atoms with Crippen LogP contribution >= 0.6 is 0 Å². The van der Waals surface area contributed by atoms with E-state index in [2.05, 4.69) is 20.4 Å². The maximum absolute atomic E-state index is 10.9. The summed E-state index contributed by atoms with van der Waals surface area (Å²) >= 11 is 0. The van der Waals surface area contributed by atoms with Crippen LogP contribution < -0.4 is 0 Å². The van der Waals surface area contributed by atoms with Crippen LogP contribution in [0.4, 0.5) is 0 Å². The van der Waals surface area contributed by atoms with Gasteiger partial charge < -0.3 is 4.74 Å². The molecule has 0 aromatic heterocycles. The fourth-order valence-electron chi connectivity index (χ4n) is 2.19. The molecule has 0 saturated heterocycles. The molecule has 0 aromatic rings. The highest BCUT2D eigenvalue weighted by Gasteiger charge is 2.07. The standard InChI is InChI=1S/C16H30O2/c1-4-7-11-15(12-8-5-2)13-9-10-14-18-16(17)6-3/h6,15H,3-5,7-14H2,1-2H3. The van der Waals surface area contributed by atoms with Crippen molar-refractivity contribution in [2.24, 2.45) is 5.92 Å². The van der Waals surface area contributed by atoms with E-state index >= 15 is 0 Å². The number of rotatable bonds is 12. The van der Waals surface area contributed by atoms with Gasteiger partial charge in [-0.25, -0.2) is 4.79 Å². The fourth-order valence-corrected chi connectivity index (χ4v) is 2.19. The number of carbonyl (C=O) groups is 1. The molecule has 0 spiro atoms. The van der Waals surface area contributed by atoms with Crippen LogP contribution in [0, 0.1) is 5.92 Å². The molecule has 0 unspecified atom stereocenters. The zero-order valence-corrected chi connectivity index (χ0v) is 12.2. The van der Waals surface area contributed by atoms with Crippen LogP contribution in [0.5, 0.6) is 0 Å². The van der Waals surface area contributed by atoms with Crippen LogP contribution in [0.2, 0.25) is 0 Å². The first-order valence-electron chi connectivity index (χ1n) is 7.53. The second-order valence-electron chi connectivity index (χ2n) is 5.02.